The molecule has 0 aromatic heterocycles. The number of hydrogen-bond donors (Lipinski definition) is 2. The number of aliphatic hydroxyl groups excluding tert-OH is 2. The first kappa shape index (κ1) is 9.48. The van der Waals surface area contributed by atoms with Crippen molar-refractivity contribution in [1.29, 1.82) is 0 Å². The van der Waals surface area contributed by atoms with Crippen molar-refractivity contribution in [2.24, 2.45) is 0 Å². The Morgan fingerprint density at radius 3 is 2.58 bits per heavy atom. The summed E-state index contributed by atoms with van der Waals surface area (Å²) in [6.45, 7) is 2.01. The summed E-state index contributed by atoms with van der Waals surface area (Å²) in [5, 5.41) is 18.3. The normalized spacial score (nSPS) is 35.2. The van der Waals surface area contributed by atoms with Gasteiger partial charge in [-0.05, 0) is 12.8 Å². The molecule has 2 N–H and O–H groups in total. The lowest BCUT2D eigenvalue weighted by Gasteiger charge is -2.11. The molecule has 4 nitrogen and oxygen atoms in total. The zero-order valence-electron chi connectivity index (χ0n) is 7.06. The van der Waals surface area contributed by atoms with E-state index >= 15 is 0 Å². The fraction of sp³-hybridized carbons (Fsp3) is 0.875. The van der Waals surface area contributed by atoms with Gasteiger partial charge in [0.05, 0.1) is 0 Å². The van der Waals surface area contributed by atoms with E-state index in [2.05, 4.69) is 0 Å². The number of hydrogen-bond acceptors (Lipinski definition) is 4. The van der Waals surface area contributed by atoms with Gasteiger partial charge in [-0.25, -0.2) is 4.79 Å². The van der Waals surface area contributed by atoms with Gasteiger partial charge in [0.1, 0.15) is 12.2 Å². The van der Waals surface area contributed by atoms with Gasteiger partial charge >= 0.3 is 5.97 Å². The van der Waals surface area contributed by atoms with Gasteiger partial charge in [0.15, 0.2) is 6.10 Å². The van der Waals surface area contributed by atoms with E-state index in [9.17, 15) is 9.90 Å². The highest BCUT2D eigenvalue weighted by molar-refractivity contribution is 5.77. The summed E-state index contributed by atoms with van der Waals surface area (Å²) in [7, 11) is 0. The predicted molar refractivity (Wildman–Crippen MR) is 41.4 cm³/mol. The van der Waals surface area contributed by atoms with Crippen molar-refractivity contribution < 1.29 is 19.7 Å². The first-order valence-electron chi connectivity index (χ1n) is 4.23. The van der Waals surface area contributed by atoms with Gasteiger partial charge in [-0.1, -0.05) is 13.3 Å². The third kappa shape index (κ3) is 1.76. The summed E-state index contributed by atoms with van der Waals surface area (Å²) >= 11 is 0. The van der Waals surface area contributed by atoms with Gasteiger partial charge in [0.25, 0.3) is 0 Å². The van der Waals surface area contributed by atoms with E-state index in [0.717, 1.165) is 12.8 Å². The topological polar surface area (TPSA) is 66.8 Å². The highest BCUT2D eigenvalue weighted by atomic mass is 16.6. The average molecular weight is 174 g/mol. The van der Waals surface area contributed by atoms with Crippen molar-refractivity contribution in [3.63, 3.8) is 0 Å². The van der Waals surface area contributed by atoms with Crippen LogP contribution in [0.2, 0.25) is 0 Å². The summed E-state index contributed by atoms with van der Waals surface area (Å²) in [5.74, 6) is -0.705. The first-order chi connectivity index (χ1) is 5.66. The first-order valence-corrected chi connectivity index (χ1v) is 4.23. The van der Waals surface area contributed by atoms with Crippen LogP contribution in [0, 0.1) is 0 Å². The number of esters is 1. The van der Waals surface area contributed by atoms with Crippen LogP contribution in [-0.2, 0) is 9.53 Å². The summed E-state index contributed by atoms with van der Waals surface area (Å²) in [6, 6.07) is 0. The number of cyclic esters (lactones) is 1. The molecule has 1 fully saturated rings. The van der Waals surface area contributed by atoms with Gasteiger partial charge in [-0.15, -0.1) is 0 Å². The molecule has 1 heterocycles. The SMILES string of the molecule is CCCC[C@H]1OC(=O)[C@H](O)[C@H]1O. The van der Waals surface area contributed by atoms with E-state index in [-0.39, 0.29) is 0 Å². The number of aliphatic hydroxyl groups is 2. The maximum atomic E-state index is 10.7. The van der Waals surface area contributed by atoms with Gasteiger partial charge < -0.3 is 14.9 Å². The third-order valence-electron chi connectivity index (χ3n) is 2.06. The molecule has 0 aromatic rings. The largest absolute Gasteiger partial charge is 0.457 e. The van der Waals surface area contributed by atoms with Crippen LogP contribution in [0.25, 0.3) is 0 Å². The van der Waals surface area contributed by atoms with Crippen molar-refractivity contribution >= 4 is 5.97 Å². The zero-order chi connectivity index (χ0) is 9.14. The summed E-state index contributed by atoms with van der Waals surface area (Å²) < 4.78 is 4.75. The summed E-state index contributed by atoms with van der Waals surface area (Å²) in [4.78, 5) is 10.7. The Morgan fingerprint density at radius 2 is 2.17 bits per heavy atom. The van der Waals surface area contributed by atoms with E-state index in [1.54, 1.807) is 0 Å². The molecule has 12 heavy (non-hydrogen) atoms. The molecule has 0 aliphatic carbocycles. The van der Waals surface area contributed by atoms with Gasteiger partial charge in [0.2, 0.25) is 0 Å². The Bertz CT molecular complexity index is 168. The molecule has 1 rings (SSSR count). The molecule has 0 spiro atoms. The lowest BCUT2D eigenvalue weighted by atomic mass is 10.1. The molecule has 0 unspecified atom stereocenters. The molecule has 0 radical (unpaired) electrons. The lowest BCUT2D eigenvalue weighted by molar-refractivity contribution is -0.147. The van der Waals surface area contributed by atoms with Gasteiger partial charge in [-0.3, -0.25) is 0 Å². The molecule has 3 atom stereocenters. The lowest BCUT2D eigenvalue weighted by Crippen LogP contribution is -2.30. The molecule has 1 aliphatic rings. The second-order valence-corrected chi connectivity index (χ2v) is 3.05. The van der Waals surface area contributed by atoms with Crippen LogP contribution in [-0.4, -0.2) is 34.5 Å². The van der Waals surface area contributed by atoms with E-state index in [1.807, 2.05) is 6.92 Å². The summed E-state index contributed by atoms with van der Waals surface area (Å²) in [5.41, 5.74) is 0. The van der Waals surface area contributed by atoms with Gasteiger partial charge in [-0.2, -0.15) is 0 Å². The highest BCUT2D eigenvalue weighted by Gasteiger charge is 2.41. The molecule has 0 aromatic carbocycles. The fourth-order valence-electron chi connectivity index (χ4n) is 1.27. The fourth-order valence-corrected chi connectivity index (χ4v) is 1.27. The molecular formula is C8H14O4. The highest BCUT2D eigenvalue weighted by Crippen LogP contribution is 2.20. The zero-order valence-corrected chi connectivity index (χ0v) is 7.06. The molecular weight excluding hydrogens is 160 g/mol. The van der Waals surface area contributed by atoms with Crippen molar-refractivity contribution in [3.8, 4) is 0 Å². The van der Waals surface area contributed by atoms with Crippen LogP contribution in [0.5, 0.6) is 0 Å². The quantitative estimate of drug-likeness (QED) is 0.583. The Balaban J connectivity index is 2.41. The molecule has 1 aliphatic heterocycles. The van der Waals surface area contributed by atoms with Crippen molar-refractivity contribution in [3.05, 3.63) is 0 Å². The molecule has 70 valence electrons. The van der Waals surface area contributed by atoms with E-state index < -0.39 is 24.3 Å². The van der Waals surface area contributed by atoms with E-state index in [4.69, 9.17) is 9.84 Å². The maximum Gasteiger partial charge on any atom is 0.338 e. The maximum absolute atomic E-state index is 10.7. The Labute approximate surface area is 71.2 Å². The Morgan fingerprint density at radius 1 is 1.50 bits per heavy atom. The number of carbonyl (C=O) groups excluding carboxylic acids is 1. The van der Waals surface area contributed by atoms with Crippen LogP contribution in [0.15, 0.2) is 0 Å². The minimum atomic E-state index is -1.34. The van der Waals surface area contributed by atoms with Crippen molar-refractivity contribution in [2.75, 3.05) is 0 Å². The van der Waals surface area contributed by atoms with Crippen LogP contribution in [0.3, 0.4) is 0 Å². The standard InChI is InChI=1S/C8H14O4/c1-2-3-4-5-6(9)7(10)8(11)12-5/h5-7,9-10H,2-4H2,1H3/t5-,6+,7-/m1/s1. The molecule has 1 saturated heterocycles. The minimum absolute atomic E-state index is 0.507. The van der Waals surface area contributed by atoms with Crippen LogP contribution in [0.4, 0.5) is 0 Å². The van der Waals surface area contributed by atoms with E-state index in [0.29, 0.717) is 6.42 Å². The number of unbranched alkanes of at least 4 members (excludes halogenated alkanes) is 1. The Hall–Kier alpha value is -0.610. The van der Waals surface area contributed by atoms with Gasteiger partial charge in [0, 0.05) is 0 Å². The third-order valence-corrected chi connectivity index (χ3v) is 2.06. The predicted octanol–water partition coefficient (Wildman–Crippen LogP) is -0.176. The number of carbonyl (C=O) groups is 1. The van der Waals surface area contributed by atoms with Crippen LogP contribution in [0.1, 0.15) is 26.2 Å². The average Bonchev–Trinajstić information content (AvgIpc) is 2.30. The van der Waals surface area contributed by atoms with Crippen molar-refractivity contribution in [1.82, 2.24) is 0 Å². The number of rotatable bonds is 3. The number of ether oxygens (including phenoxy) is 1. The summed E-state index contributed by atoms with van der Waals surface area (Å²) in [6.07, 6.45) is -0.387. The minimum Gasteiger partial charge on any atom is -0.457 e. The second-order valence-electron chi connectivity index (χ2n) is 3.05. The monoisotopic (exact) mass is 174 g/mol. The van der Waals surface area contributed by atoms with Crippen molar-refractivity contribution in [2.45, 2.75) is 44.5 Å². The Kier molecular flexibility index (Phi) is 3.05. The second kappa shape index (κ2) is 3.87. The van der Waals surface area contributed by atoms with Crippen LogP contribution >= 0.6 is 0 Å². The van der Waals surface area contributed by atoms with Crippen LogP contribution < -0.4 is 0 Å². The molecule has 0 bridgehead atoms. The molecule has 0 amide bonds. The smallest absolute Gasteiger partial charge is 0.338 e. The molecule has 0 saturated carbocycles. The van der Waals surface area contributed by atoms with E-state index in [1.165, 1.54) is 0 Å². The molecule has 4 heteroatoms.